The van der Waals surface area contributed by atoms with Crippen molar-refractivity contribution in [2.75, 3.05) is 19.7 Å². The number of ether oxygens (including phenoxy) is 1. The van der Waals surface area contributed by atoms with Gasteiger partial charge in [0.05, 0.1) is 17.1 Å². The van der Waals surface area contributed by atoms with Crippen LogP contribution in [0.1, 0.15) is 61.8 Å². The van der Waals surface area contributed by atoms with E-state index in [2.05, 4.69) is 13.8 Å². The highest BCUT2D eigenvalue weighted by molar-refractivity contribution is 7.99. The molecule has 184 valence electrons. The fourth-order valence-corrected chi connectivity index (χ4v) is 7.45. The lowest BCUT2D eigenvalue weighted by Crippen LogP contribution is -2.29. The van der Waals surface area contributed by atoms with Gasteiger partial charge >= 0.3 is 5.97 Å². The van der Waals surface area contributed by atoms with Crippen molar-refractivity contribution in [2.24, 2.45) is 5.41 Å². The second kappa shape index (κ2) is 9.51. The number of benzene rings is 1. The molecule has 0 unspecified atom stereocenters. The van der Waals surface area contributed by atoms with Crippen molar-refractivity contribution in [1.82, 2.24) is 8.87 Å². The molecule has 1 fully saturated rings. The van der Waals surface area contributed by atoms with Crippen molar-refractivity contribution in [3.63, 3.8) is 0 Å². The van der Waals surface area contributed by atoms with Crippen LogP contribution in [0.4, 0.5) is 0 Å². The number of Topliss-reactive ketones (excluding diaryl/α,β-unsaturated/α-hetero) is 1. The zero-order valence-electron chi connectivity index (χ0n) is 20.2. The van der Waals surface area contributed by atoms with Gasteiger partial charge in [-0.2, -0.15) is 4.31 Å². The number of hydrogen-bond acceptors (Lipinski definition) is 6. The summed E-state index contributed by atoms with van der Waals surface area (Å²) in [7, 11) is -3.47. The normalized spacial score (nSPS) is 18.2. The Bertz CT molecular complexity index is 1210. The van der Waals surface area contributed by atoms with Crippen molar-refractivity contribution in [3.8, 4) is 0 Å². The summed E-state index contributed by atoms with van der Waals surface area (Å²) in [5.74, 6) is -0.250. The molecule has 0 bridgehead atoms. The average molecular weight is 505 g/mol. The zero-order valence-corrected chi connectivity index (χ0v) is 21.9. The van der Waals surface area contributed by atoms with Crippen LogP contribution in [0.2, 0.25) is 0 Å². The highest BCUT2D eigenvalue weighted by Gasteiger charge is 2.37. The van der Waals surface area contributed by atoms with Gasteiger partial charge in [-0.1, -0.05) is 25.6 Å². The average Bonchev–Trinajstić information content (AvgIpc) is 3.38. The number of fused-ring (bicyclic) bond motifs is 1. The Morgan fingerprint density at radius 3 is 2.38 bits per heavy atom. The van der Waals surface area contributed by atoms with Crippen LogP contribution in [-0.4, -0.2) is 48.7 Å². The van der Waals surface area contributed by atoms with E-state index in [9.17, 15) is 18.0 Å². The molecular formula is C25H32N2O5S2. The highest BCUT2D eigenvalue weighted by atomic mass is 32.2. The monoisotopic (exact) mass is 504 g/mol. The van der Waals surface area contributed by atoms with Gasteiger partial charge in [-0.15, -0.1) is 0 Å². The molecular weight excluding hydrogens is 472 g/mol. The van der Waals surface area contributed by atoms with E-state index in [-0.39, 0.29) is 28.6 Å². The molecule has 1 aromatic heterocycles. The van der Waals surface area contributed by atoms with Crippen molar-refractivity contribution in [2.45, 2.75) is 74.6 Å². The molecule has 9 heteroatoms. The number of carbonyl (C=O) groups excluding carboxylic acids is 2. The summed E-state index contributed by atoms with van der Waals surface area (Å²) in [5, 5.41) is 0. The number of sulfonamides is 1. The van der Waals surface area contributed by atoms with E-state index >= 15 is 0 Å². The maximum absolute atomic E-state index is 13.2. The van der Waals surface area contributed by atoms with Gasteiger partial charge < -0.3 is 9.30 Å². The molecule has 4 rings (SSSR count). The summed E-state index contributed by atoms with van der Waals surface area (Å²) in [6.07, 6.45) is 2.93. The summed E-state index contributed by atoms with van der Waals surface area (Å²) in [6, 6.07) is 6.86. The minimum atomic E-state index is -3.47. The Morgan fingerprint density at radius 2 is 1.76 bits per heavy atom. The molecule has 0 radical (unpaired) electrons. The number of esters is 1. The van der Waals surface area contributed by atoms with Crippen LogP contribution < -0.4 is 0 Å². The summed E-state index contributed by atoms with van der Waals surface area (Å²) >= 11 is 1.44. The van der Waals surface area contributed by atoms with Crippen LogP contribution in [0.5, 0.6) is 0 Å². The van der Waals surface area contributed by atoms with Gasteiger partial charge in [0.15, 0.2) is 5.78 Å². The topological polar surface area (TPSA) is 85.7 Å². The number of rotatable bonds is 7. The summed E-state index contributed by atoms with van der Waals surface area (Å²) < 4.78 is 34.3. The van der Waals surface area contributed by atoms with E-state index < -0.39 is 10.0 Å². The first kappa shape index (κ1) is 25.0. The first-order valence-electron chi connectivity index (χ1n) is 11.7. The molecule has 1 aliphatic carbocycles. The molecule has 7 nitrogen and oxygen atoms in total. The van der Waals surface area contributed by atoms with Crippen LogP contribution in [0, 0.1) is 12.3 Å². The van der Waals surface area contributed by atoms with E-state index in [0.29, 0.717) is 38.1 Å². The molecule has 2 aromatic rings. The van der Waals surface area contributed by atoms with E-state index in [1.807, 2.05) is 11.5 Å². The Kier molecular flexibility index (Phi) is 6.99. The quantitative estimate of drug-likeness (QED) is 0.518. The van der Waals surface area contributed by atoms with Gasteiger partial charge in [0.25, 0.3) is 0 Å². The number of aromatic nitrogens is 1. The van der Waals surface area contributed by atoms with E-state index in [1.165, 1.54) is 16.1 Å². The smallest absolute Gasteiger partial charge is 0.325 e. The molecule has 2 heterocycles. The van der Waals surface area contributed by atoms with Crippen molar-refractivity contribution in [3.05, 3.63) is 41.2 Å². The third-order valence-corrected chi connectivity index (χ3v) is 9.60. The lowest BCUT2D eigenvalue weighted by Gasteiger charge is -2.30. The molecule has 0 spiro atoms. The third kappa shape index (κ3) is 4.83. The minimum absolute atomic E-state index is 0.0684. The van der Waals surface area contributed by atoms with E-state index in [1.54, 1.807) is 31.2 Å². The predicted molar refractivity (Wildman–Crippen MR) is 131 cm³/mol. The van der Waals surface area contributed by atoms with E-state index in [4.69, 9.17) is 4.74 Å². The Labute approximate surface area is 205 Å². The molecule has 0 atom stereocenters. The number of ketones is 1. The van der Waals surface area contributed by atoms with Crippen molar-refractivity contribution < 1.29 is 22.7 Å². The molecule has 2 aliphatic rings. The third-order valence-electron chi connectivity index (χ3n) is 6.48. The Morgan fingerprint density at radius 1 is 1.12 bits per heavy atom. The fraction of sp³-hybridized carbons (Fsp3) is 0.520. The molecule has 1 aliphatic heterocycles. The van der Waals surface area contributed by atoms with Crippen molar-refractivity contribution in [1.29, 1.82) is 0 Å². The largest absolute Gasteiger partial charge is 0.465 e. The first-order valence-corrected chi connectivity index (χ1v) is 14.0. The van der Waals surface area contributed by atoms with Crippen LogP contribution in [0.25, 0.3) is 0 Å². The SMILES string of the molecule is CCOC(=O)Cn1c(C)c(Sc2ccc(S(=O)(=O)N3CCCC3)cc2)c2c1CC(C)(C)CC2=O. The van der Waals surface area contributed by atoms with Crippen LogP contribution >= 0.6 is 11.8 Å². The summed E-state index contributed by atoms with van der Waals surface area (Å²) in [6.45, 7) is 9.34. The fourth-order valence-electron chi connectivity index (χ4n) is 4.83. The molecule has 0 amide bonds. The molecule has 1 aromatic carbocycles. The van der Waals surface area contributed by atoms with Gasteiger partial charge in [0.2, 0.25) is 10.0 Å². The van der Waals surface area contributed by atoms with Gasteiger partial charge in [-0.3, -0.25) is 9.59 Å². The minimum Gasteiger partial charge on any atom is -0.465 e. The number of nitrogens with zero attached hydrogens (tertiary/aromatic N) is 2. The standard InChI is InChI=1S/C25H32N2O5S2/c1-5-32-22(29)16-27-17(2)24(23-20(27)14-25(3,4)15-21(23)28)33-18-8-10-19(11-9-18)34(30,31)26-12-6-7-13-26/h8-11H,5-7,12-16H2,1-4H3. The van der Waals surface area contributed by atoms with Gasteiger partial charge in [0.1, 0.15) is 6.54 Å². The molecule has 34 heavy (non-hydrogen) atoms. The summed E-state index contributed by atoms with van der Waals surface area (Å²) in [5.41, 5.74) is 2.22. The predicted octanol–water partition coefficient (Wildman–Crippen LogP) is 4.45. The Hall–Kier alpha value is -2.10. The summed E-state index contributed by atoms with van der Waals surface area (Å²) in [4.78, 5) is 27.5. The van der Waals surface area contributed by atoms with Crippen LogP contribution in [-0.2, 0) is 32.5 Å². The molecule has 1 saturated heterocycles. The van der Waals surface area contributed by atoms with Crippen LogP contribution in [0.15, 0.2) is 39.0 Å². The molecule has 0 N–H and O–H groups in total. The second-order valence-electron chi connectivity index (χ2n) is 9.75. The number of carbonyl (C=O) groups is 2. The van der Waals surface area contributed by atoms with Gasteiger partial charge in [0, 0.05) is 40.7 Å². The van der Waals surface area contributed by atoms with Gasteiger partial charge in [-0.05, 0) is 62.8 Å². The Balaban J connectivity index is 1.67. The lowest BCUT2D eigenvalue weighted by atomic mass is 9.76. The second-order valence-corrected chi connectivity index (χ2v) is 12.8. The number of hydrogen-bond donors (Lipinski definition) is 0. The maximum atomic E-state index is 13.2. The maximum Gasteiger partial charge on any atom is 0.325 e. The van der Waals surface area contributed by atoms with E-state index in [0.717, 1.165) is 34.0 Å². The lowest BCUT2D eigenvalue weighted by molar-refractivity contribution is -0.143. The van der Waals surface area contributed by atoms with Crippen LogP contribution in [0.3, 0.4) is 0 Å². The molecule has 0 saturated carbocycles. The highest BCUT2D eigenvalue weighted by Crippen LogP contribution is 2.44. The zero-order chi connectivity index (χ0) is 24.7. The van der Waals surface area contributed by atoms with Gasteiger partial charge in [-0.25, -0.2) is 8.42 Å². The first-order chi connectivity index (χ1) is 16.0. The van der Waals surface area contributed by atoms with Crippen molar-refractivity contribution >= 4 is 33.5 Å².